The average Bonchev–Trinajstić information content (AvgIpc) is 2.80. The van der Waals surface area contributed by atoms with Crippen molar-refractivity contribution in [3.8, 4) is 5.75 Å². The van der Waals surface area contributed by atoms with Gasteiger partial charge in [-0.25, -0.2) is 0 Å². The second-order valence-corrected chi connectivity index (χ2v) is 3.95. The molecule has 0 saturated heterocycles. The standard InChI is InChI=1S/C11H10Cl2N4O/c12-5-10-15-16-11(6-13)17(10)14-7-8-3-1-2-4-9(8)18/h1-4,7,18H,5-6H2/b14-7+. The predicted octanol–water partition coefficient (Wildman–Crippen LogP) is 2.34. The fourth-order valence-electron chi connectivity index (χ4n) is 1.37. The number of phenols is 1. The third-order valence-corrected chi connectivity index (χ3v) is 2.74. The summed E-state index contributed by atoms with van der Waals surface area (Å²) in [5.41, 5.74) is 0.590. The van der Waals surface area contributed by atoms with Crippen LogP contribution in [0.15, 0.2) is 29.4 Å². The first-order valence-electron chi connectivity index (χ1n) is 5.13. The smallest absolute Gasteiger partial charge is 0.169 e. The molecule has 0 atom stereocenters. The highest BCUT2D eigenvalue weighted by molar-refractivity contribution is 6.17. The Hall–Kier alpha value is -1.59. The first-order chi connectivity index (χ1) is 8.76. The van der Waals surface area contributed by atoms with Crippen molar-refractivity contribution in [1.29, 1.82) is 0 Å². The lowest BCUT2D eigenvalue weighted by atomic mass is 10.2. The van der Waals surface area contributed by atoms with Crippen LogP contribution in [0.2, 0.25) is 0 Å². The molecule has 1 aromatic carbocycles. The van der Waals surface area contributed by atoms with Crippen LogP contribution in [0.1, 0.15) is 17.2 Å². The molecule has 2 rings (SSSR count). The second kappa shape index (κ2) is 5.84. The van der Waals surface area contributed by atoms with Gasteiger partial charge in [-0.3, -0.25) is 0 Å². The molecule has 0 aliphatic carbocycles. The van der Waals surface area contributed by atoms with Gasteiger partial charge in [0.1, 0.15) is 5.75 Å². The van der Waals surface area contributed by atoms with Crippen LogP contribution >= 0.6 is 23.2 Å². The van der Waals surface area contributed by atoms with E-state index in [0.717, 1.165) is 0 Å². The van der Waals surface area contributed by atoms with E-state index in [1.165, 1.54) is 10.9 Å². The molecular weight excluding hydrogens is 275 g/mol. The van der Waals surface area contributed by atoms with Crippen LogP contribution in [0.5, 0.6) is 5.75 Å². The van der Waals surface area contributed by atoms with E-state index in [2.05, 4.69) is 15.3 Å². The Labute approximate surface area is 114 Å². The number of alkyl halides is 2. The van der Waals surface area contributed by atoms with E-state index >= 15 is 0 Å². The van der Waals surface area contributed by atoms with Crippen LogP contribution in [0.3, 0.4) is 0 Å². The number of phenolic OH excluding ortho intramolecular Hbond substituents is 1. The molecule has 18 heavy (non-hydrogen) atoms. The van der Waals surface area contributed by atoms with Gasteiger partial charge in [0.25, 0.3) is 0 Å². The number of aromatic hydroxyl groups is 1. The fraction of sp³-hybridized carbons (Fsp3) is 0.182. The third-order valence-electron chi connectivity index (χ3n) is 2.26. The van der Waals surface area contributed by atoms with E-state index < -0.39 is 0 Å². The monoisotopic (exact) mass is 284 g/mol. The van der Waals surface area contributed by atoms with Crippen LogP contribution in [0.25, 0.3) is 0 Å². The molecule has 2 aromatic rings. The van der Waals surface area contributed by atoms with E-state index in [-0.39, 0.29) is 17.5 Å². The molecule has 0 aliphatic rings. The highest BCUT2D eigenvalue weighted by atomic mass is 35.5. The molecule has 0 amide bonds. The molecule has 1 N–H and O–H groups in total. The van der Waals surface area contributed by atoms with E-state index in [4.69, 9.17) is 23.2 Å². The van der Waals surface area contributed by atoms with Crippen LogP contribution in [-0.2, 0) is 11.8 Å². The molecule has 5 nitrogen and oxygen atoms in total. The Kier molecular flexibility index (Phi) is 4.17. The quantitative estimate of drug-likeness (QED) is 0.692. The molecule has 0 saturated carbocycles. The number of nitrogens with zero attached hydrogens (tertiary/aromatic N) is 4. The zero-order valence-electron chi connectivity index (χ0n) is 9.29. The van der Waals surface area contributed by atoms with Crippen molar-refractivity contribution in [2.75, 3.05) is 0 Å². The van der Waals surface area contributed by atoms with E-state index in [1.807, 2.05) is 0 Å². The first kappa shape index (κ1) is 12.9. The highest BCUT2D eigenvalue weighted by Gasteiger charge is 2.09. The molecule has 0 radical (unpaired) electrons. The predicted molar refractivity (Wildman–Crippen MR) is 70.2 cm³/mol. The zero-order valence-corrected chi connectivity index (χ0v) is 10.8. The lowest BCUT2D eigenvalue weighted by molar-refractivity contribution is 0.474. The summed E-state index contributed by atoms with van der Waals surface area (Å²) in [5.74, 6) is 1.51. The number of hydrogen-bond acceptors (Lipinski definition) is 4. The van der Waals surface area contributed by atoms with Gasteiger partial charge in [-0.05, 0) is 12.1 Å². The Morgan fingerprint density at radius 1 is 1.17 bits per heavy atom. The molecule has 0 bridgehead atoms. The van der Waals surface area contributed by atoms with Crippen LogP contribution in [-0.4, -0.2) is 26.2 Å². The maximum Gasteiger partial charge on any atom is 0.169 e. The SMILES string of the molecule is Oc1ccccc1/C=N/n1c(CCl)nnc1CCl. The van der Waals surface area contributed by atoms with Crippen LogP contribution < -0.4 is 0 Å². The van der Waals surface area contributed by atoms with Gasteiger partial charge >= 0.3 is 0 Å². The molecule has 0 spiro atoms. The minimum absolute atomic E-state index is 0.147. The Bertz CT molecular complexity index is 546. The molecule has 0 unspecified atom stereocenters. The van der Waals surface area contributed by atoms with Gasteiger partial charge in [-0.1, -0.05) is 12.1 Å². The second-order valence-electron chi connectivity index (χ2n) is 3.41. The summed E-state index contributed by atoms with van der Waals surface area (Å²) in [7, 11) is 0. The van der Waals surface area contributed by atoms with Gasteiger partial charge in [-0.15, -0.1) is 33.4 Å². The number of para-hydroxylation sites is 1. The van der Waals surface area contributed by atoms with Crippen molar-refractivity contribution in [3.63, 3.8) is 0 Å². The van der Waals surface area contributed by atoms with Gasteiger partial charge in [0, 0.05) is 5.56 Å². The lowest BCUT2D eigenvalue weighted by Crippen LogP contribution is -2.00. The van der Waals surface area contributed by atoms with Crippen molar-refractivity contribution in [2.45, 2.75) is 11.8 Å². The summed E-state index contributed by atoms with van der Waals surface area (Å²) >= 11 is 11.5. The number of benzene rings is 1. The van der Waals surface area contributed by atoms with Crippen molar-refractivity contribution in [1.82, 2.24) is 14.9 Å². The summed E-state index contributed by atoms with van der Waals surface area (Å²) in [5, 5.41) is 21.5. The van der Waals surface area contributed by atoms with Gasteiger partial charge in [0.15, 0.2) is 11.6 Å². The van der Waals surface area contributed by atoms with Crippen molar-refractivity contribution < 1.29 is 5.11 Å². The summed E-state index contributed by atoms with van der Waals surface area (Å²) in [4.78, 5) is 0. The van der Waals surface area contributed by atoms with E-state index in [9.17, 15) is 5.11 Å². The van der Waals surface area contributed by atoms with Gasteiger partial charge in [0.05, 0.1) is 18.0 Å². The molecular formula is C11H10Cl2N4O. The summed E-state index contributed by atoms with van der Waals surface area (Å²) in [6.07, 6.45) is 1.50. The molecule has 0 aliphatic heterocycles. The molecule has 94 valence electrons. The fourth-order valence-corrected chi connectivity index (χ4v) is 1.70. The maximum absolute atomic E-state index is 9.61. The number of rotatable bonds is 4. The first-order valence-corrected chi connectivity index (χ1v) is 6.20. The number of halogens is 2. The summed E-state index contributed by atoms with van der Waals surface area (Å²) in [6.45, 7) is 0. The number of hydrogen-bond donors (Lipinski definition) is 1. The Morgan fingerprint density at radius 3 is 2.33 bits per heavy atom. The summed E-state index contributed by atoms with van der Waals surface area (Å²) < 4.78 is 1.46. The van der Waals surface area contributed by atoms with Crippen molar-refractivity contribution in [2.24, 2.45) is 5.10 Å². The van der Waals surface area contributed by atoms with Crippen LogP contribution in [0.4, 0.5) is 0 Å². The normalized spacial score (nSPS) is 11.2. The van der Waals surface area contributed by atoms with Gasteiger partial charge in [0.2, 0.25) is 0 Å². The molecule has 7 heteroatoms. The lowest BCUT2D eigenvalue weighted by Gasteiger charge is -2.01. The van der Waals surface area contributed by atoms with Crippen molar-refractivity contribution in [3.05, 3.63) is 41.5 Å². The van der Waals surface area contributed by atoms with E-state index in [1.54, 1.807) is 24.3 Å². The molecule has 1 aromatic heterocycles. The largest absolute Gasteiger partial charge is 0.507 e. The van der Waals surface area contributed by atoms with E-state index in [0.29, 0.717) is 17.2 Å². The summed E-state index contributed by atoms with van der Waals surface area (Å²) in [6, 6.07) is 6.86. The van der Waals surface area contributed by atoms with Gasteiger partial charge < -0.3 is 5.11 Å². The van der Waals surface area contributed by atoms with Crippen molar-refractivity contribution >= 4 is 29.4 Å². The van der Waals surface area contributed by atoms with Crippen LogP contribution in [0, 0.1) is 0 Å². The highest BCUT2D eigenvalue weighted by Crippen LogP contribution is 2.14. The maximum atomic E-state index is 9.61. The molecule has 0 fully saturated rings. The average molecular weight is 285 g/mol. The Balaban J connectivity index is 2.34. The molecule has 1 heterocycles. The number of aromatic nitrogens is 3. The Morgan fingerprint density at radius 2 is 1.78 bits per heavy atom. The minimum atomic E-state index is 0.147. The van der Waals surface area contributed by atoms with Gasteiger partial charge in [-0.2, -0.15) is 9.78 Å². The minimum Gasteiger partial charge on any atom is -0.507 e. The topological polar surface area (TPSA) is 63.3 Å². The zero-order chi connectivity index (χ0) is 13.0. The third kappa shape index (κ3) is 2.63.